The molecule has 0 spiro atoms. The van der Waals surface area contributed by atoms with Gasteiger partial charge in [-0.3, -0.25) is 0 Å². The molecule has 3 aromatic rings. The van der Waals surface area contributed by atoms with E-state index in [1.54, 1.807) is 11.1 Å². The van der Waals surface area contributed by atoms with Crippen molar-refractivity contribution in [3.8, 4) is 0 Å². The van der Waals surface area contributed by atoms with Crippen LogP contribution in [0.2, 0.25) is 0 Å². The quantitative estimate of drug-likeness (QED) is 0.344. The molecular formula is C28H40. The highest BCUT2D eigenvalue weighted by Crippen LogP contribution is 2.40. The molecule has 3 aromatic carbocycles. The lowest BCUT2D eigenvalue weighted by atomic mass is 9.78. The van der Waals surface area contributed by atoms with Gasteiger partial charge in [-0.15, -0.1) is 0 Å². The fraction of sp³-hybridized carbons (Fsp3) is 0.500. The van der Waals surface area contributed by atoms with E-state index >= 15 is 0 Å². The highest BCUT2D eigenvalue weighted by Gasteiger charge is 2.22. The molecular weight excluding hydrogens is 336 g/mol. The monoisotopic (exact) mass is 376 g/mol. The van der Waals surface area contributed by atoms with Crippen LogP contribution in [0.1, 0.15) is 91.5 Å². The Labute approximate surface area is 173 Å². The predicted molar refractivity (Wildman–Crippen MR) is 129 cm³/mol. The second-order valence-electron chi connectivity index (χ2n) is 9.53. The van der Waals surface area contributed by atoms with Crippen LogP contribution in [0.4, 0.5) is 0 Å². The van der Waals surface area contributed by atoms with Crippen LogP contribution in [0.5, 0.6) is 0 Å². The van der Waals surface area contributed by atoms with Crippen molar-refractivity contribution in [1.82, 2.24) is 0 Å². The Balaban J connectivity index is 0.000000660. The smallest absolute Gasteiger partial charge is 0.00702 e. The molecule has 0 saturated carbocycles. The van der Waals surface area contributed by atoms with Crippen LogP contribution in [0.15, 0.2) is 36.4 Å². The summed E-state index contributed by atoms with van der Waals surface area (Å²) in [7, 11) is 0. The fourth-order valence-electron chi connectivity index (χ4n) is 4.04. The summed E-state index contributed by atoms with van der Waals surface area (Å²) in [5, 5.41) is 5.83. The molecule has 0 aromatic heterocycles. The maximum atomic E-state index is 2.46. The Kier molecular flexibility index (Phi) is 6.64. The molecule has 28 heavy (non-hydrogen) atoms. The first kappa shape index (κ1) is 22.5. The number of hydrogen-bond donors (Lipinski definition) is 0. The van der Waals surface area contributed by atoms with Crippen molar-refractivity contribution < 1.29 is 0 Å². The average Bonchev–Trinajstić information content (AvgIpc) is 2.67. The Bertz CT molecular complexity index is 879. The summed E-state index contributed by atoms with van der Waals surface area (Å²) < 4.78 is 0. The summed E-state index contributed by atoms with van der Waals surface area (Å²) in [6.45, 7) is 21.9. The molecule has 0 aliphatic heterocycles. The molecule has 0 fully saturated rings. The van der Waals surface area contributed by atoms with Gasteiger partial charge >= 0.3 is 0 Å². The van der Waals surface area contributed by atoms with Crippen molar-refractivity contribution in [2.45, 2.75) is 92.9 Å². The topological polar surface area (TPSA) is 0 Å². The van der Waals surface area contributed by atoms with Gasteiger partial charge in [-0.25, -0.2) is 0 Å². The van der Waals surface area contributed by atoms with Crippen molar-refractivity contribution in [3.05, 3.63) is 58.7 Å². The van der Waals surface area contributed by atoms with E-state index in [4.69, 9.17) is 0 Å². The van der Waals surface area contributed by atoms with Crippen LogP contribution >= 0.6 is 0 Å². The Morgan fingerprint density at radius 1 is 0.536 bits per heavy atom. The van der Waals surface area contributed by atoms with E-state index < -0.39 is 0 Å². The molecule has 0 nitrogen and oxygen atoms in total. The number of hydrogen-bond acceptors (Lipinski definition) is 0. The lowest BCUT2D eigenvalue weighted by Gasteiger charge is -2.27. The van der Waals surface area contributed by atoms with Gasteiger partial charge < -0.3 is 0 Å². The SMILES string of the molecule is CC.CC.CC(C)(C)c1cc2c3c(ccc4cc(C(C)(C)C)cc(c43)CC2)c1. The predicted octanol–water partition coefficient (Wildman–Crippen LogP) is 8.74. The second kappa shape index (κ2) is 8.27. The largest absolute Gasteiger partial charge is 0.0683 e. The van der Waals surface area contributed by atoms with Crippen LogP contribution in [0.3, 0.4) is 0 Å². The lowest BCUT2D eigenvalue weighted by molar-refractivity contribution is 0.589. The Morgan fingerprint density at radius 2 is 0.857 bits per heavy atom. The van der Waals surface area contributed by atoms with E-state index in [1.165, 1.54) is 45.5 Å². The molecule has 152 valence electrons. The molecule has 0 amide bonds. The highest BCUT2D eigenvalue weighted by molar-refractivity contribution is 6.12. The minimum atomic E-state index is 0.204. The number of rotatable bonds is 0. The zero-order valence-corrected chi connectivity index (χ0v) is 19.9. The third kappa shape index (κ3) is 4.12. The van der Waals surface area contributed by atoms with Gasteiger partial charge in [0.2, 0.25) is 0 Å². The van der Waals surface area contributed by atoms with E-state index in [-0.39, 0.29) is 10.8 Å². The van der Waals surface area contributed by atoms with E-state index in [1.807, 2.05) is 27.7 Å². The average molecular weight is 377 g/mol. The van der Waals surface area contributed by atoms with Crippen LogP contribution in [0.25, 0.3) is 21.5 Å². The van der Waals surface area contributed by atoms with Gasteiger partial charge in [0.25, 0.3) is 0 Å². The first-order valence-electron chi connectivity index (χ1n) is 11.2. The summed E-state index contributed by atoms with van der Waals surface area (Å²) in [5.74, 6) is 0. The van der Waals surface area contributed by atoms with Gasteiger partial charge in [0.1, 0.15) is 0 Å². The summed E-state index contributed by atoms with van der Waals surface area (Å²) in [5.41, 5.74) is 6.41. The molecule has 0 heteroatoms. The summed E-state index contributed by atoms with van der Waals surface area (Å²) in [6, 6.07) is 14.4. The molecule has 1 aliphatic rings. The Hall–Kier alpha value is -1.82. The summed E-state index contributed by atoms with van der Waals surface area (Å²) in [6.07, 6.45) is 2.33. The van der Waals surface area contributed by atoms with Gasteiger partial charge in [-0.1, -0.05) is 106 Å². The normalized spacial score (nSPS) is 13.1. The van der Waals surface area contributed by atoms with Crippen molar-refractivity contribution in [1.29, 1.82) is 0 Å². The van der Waals surface area contributed by atoms with Crippen LogP contribution in [-0.2, 0) is 23.7 Å². The molecule has 0 radical (unpaired) electrons. The third-order valence-electron chi connectivity index (χ3n) is 5.59. The number of aryl methyl sites for hydroxylation is 2. The summed E-state index contributed by atoms with van der Waals surface area (Å²) in [4.78, 5) is 0. The molecule has 1 aliphatic carbocycles. The molecule has 4 rings (SSSR count). The minimum Gasteiger partial charge on any atom is -0.0683 e. The second-order valence-corrected chi connectivity index (χ2v) is 9.53. The third-order valence-corrected chi connectivity index (χ3v) is 5.59. The van der Waals surface area contributed by atoms with Crippen molar-refractivity contribution >= 4 is 21.5 Å². The van der Waals surface area contributed by atoms with Crippen LogP contribution < -0.4 is 0 Å². The van der Waals surface area contributed by atoms with E-state index in [9.17, 15) is 0 Å². The maximum absolute atomic E-state index is 2.46. The minimum absolute atomic E-state index is 0.204. The molecule has 0 atom stereocenters. The first-order valence-corrected chi connectivity index (χ1v) is 11.2. The highest BCUT2D eigenvalue weighted by atomic mass is 14.3. The van der Waals surface area contributed by atoms with Crippen molar-refractivity contribution in [2.75, 3.05) is 0 Å². The molecule has 0 heterocycles. The van der Waals surface area contributed by atoms with E-state index in [2.05, 4.69) is 77.9 Å². The molecule has 0 bridgehead atoms. The standard InChI is InChI=1S/C24H28.2C2H6/c1-23(2,3)19-11-15-7-9-17-13-20(24(4,5)6)14-18-10-8-16(12-19)21(15)22(17)18;2*1-2/h7,9,11-14H,8,10H2,1-6H3;2*1-2H3. The van der Waals surface area contributed by atoms with Gasteiger partial charge in [0, 0.05) is 0 Å². The lowest BCUT2D eigenvalue weighted by Crippen LogP contribution is -2.14. The van der Waals surface area contributed by atoms with Crippen LogP contribution in [0, 0.1) is 0 Å². The first-order chi connectivity index (χ1) is 13.1. The maximum Gasteiger partial charge on any atom is -0.00702 e. The zero-order valence-electron chi connectivity index (χ0n) is 19.9. The van der Waals surface area contributed by atoms with E-state index in [0.717, 1.165) is 0 Å². The Morgan fingerprint density at radius 3 is 1.14 bits per heavy atom. The van der Waals surface area contributed by atoms with E-state index in [0.29, 0.717) is 0 Å². The van der Waals surface area contributed by atoms with Crippen molar-refractivity contribution in [2.24, 2.45) is 0 Å². The molecule has 0 saturated heterocycles. The van der Waals surface area contributed by atoms with Gasteiger partial charge in [0.05, 0.1) is 0 Å². The van der Waals surface area contributed by atoms with Gasteiger partial charge in [0.15, 0.2) is 0 Å². The van der Waals surface area contributed by atoms with Crippen LogP contribution in [-0.4, -0.2) is 0 Å². The molecule has 0 unspecified atom stereocenters. The van der Waals surface area contributed by atoms with Gasteiger partial charge in [-0.05, 0) is 67.5 Å². The fourth-order valence-corrected chi connectivity index (χ4v) is 4.04. The van der Waals surface area contributed by atoms with Crippen molar-refractivity contribution in [3.63, 3.8) is 0 Å². The zero-order chi connectivity index (χ0) is 21.3. The number of benzene rings is 3. The summed E-state index contributed by atoms with van der Waals surface area (Å²) >= 11 is 0. The van der Waals surface area contributed by atoms with Gasteiger partial charge in [-0.2, -0.15) is 0 Å². The molecule has 0 N–H and O–H groups in total.